The molecular formula is C20H21NO3. The molecule has 1 N–H and O–H groups in total. The summed E-state index contributed by atoms with van der Waals surface area (Å²) in [4.78, 5) is 11.3. The molecule has 124 valence electrons. The van der Waals surface area contributed by atoms with E-state index in [4.69, 9.17) is 9.15 Å². The van der Waals surface area contributed by atoms with Crippen molar-refractivity contribution in [2.24, 2.45) is 0 Å². The summed E-state index contributed by atoms with van der Waals surface area (Å²) in [7, 11) is 0. The van der Waals surface area contributed by atoms with E-state index in [-0.39, 0.29) is 5.63 Å². The van der Waals surface area contributed by atoms with Crippen LogP contribution in [-0.4, -0.2) is 13.2 Å². The van der Waals surface area contributed by atoms with Crippen LogP contribution in [0.25, 0.3) is 11.0 Å². The van der Waals surface area contributed by atoms with Crippen molar-refractivity contribution in [3.05, 3.63) is 76.1 Å². The Morgan fingerprint density at radius 1 is 1.04 bits per heavy atom. The normalized spacial score (nSPS) is 10.9. The van der Waals surface area contributed by atoms with Crippen molar-refractivity contribution in [2.75, 3.05) is 13.2 Å². The van der Waals surface area contributed by atoms with Gasteiger partial charge >= 0.3 is 5.63 Å². The summed E-state index contributed by atoms with van der Waals surface area (Å²) < 4.78 is 10.9. The van der Waals surface area contributed by atoms with E-state index in [1.807, 2.05) is 42.5 Å². The summed E-state index contributed by atoms with van der Waals surface area (Å²) in [6, 6.07) is 17.2. The first-order chi connectivity index (χ1) is 11.7. The van der Waals surface area contributed by atoms with Gasteiger partial charge in [-0.1, -0.05) is 29.8 Å². The molecule has 0 saturated heterocycles. The maximum Gasteiger partial charge on any atom is 0.336 e. The smallest absolute Gasteiger partial charge is 0.336 e. The van der Waals surface area contributed by atoms with Crippen molar-refractivity contribution in [1.29, 1.82) is 0 Å². The molecule has 3 rings (SSSR count). The highest BCUT2D eigenvalue weighted by Crippen LogP contribution is 2.14. The summed E-state index contributed by atoms with van der Waals surface area (Å²) in [5, 5.41) is 4.31. The molecule has 0 fully saturated rings. The summed E-state index contributed by atoms with van der Waals surface area (Å²) >= 11 is 0. The first-order valence-corrected chi connectivity index (χ1v) is 8.14. The molecule has 0 atom stereocenters. The maximum atomic E-state index is 11.3. The maximum absolute atomic E-state index is 11.3. The zero-order chi connectivity index (χ0) is 16.8. The fourth-order valence-electron chi connectivity index (χ4n) is 2.47. The van der Waals surface area contributed by atoms with Gasteiger partial charge in [0, 0.05) is 18.0 Å². The van der Waals surface area contributed by atoms with Gasteiger partial charge < -0.3 is 14.5 Å². The topological polar surface area (TPSA) is 51.5 Å². The van der Waals surface area contributed by atoms with E-state index in [1.165, 1.54) is 11.6 Å². The number of aryl methyl sites for hydroxylation is 1. The lowest BCUT2D eigenvalue weighted by Crippen LogP contribution is -2.17. The van der Waals surface area contributed by atoms with Crippen molar-refractivity contribution in [2.45, 2.75) is 19.9 Å². The largest absolute Gasteiger partial charge is 0.494 e. The summed E-state index contributed by atoms with van der Waals surface area (Å²) in [6.07, 6.45) is 0.927. The molecule has 0 saturated carbocycles. The first-order valence-electron chi connectivity index (χ1n) is 8.14. The van der Waals surface area contributed by atoms with Gasteiger partial charge in [0.2, 0.25) is 0 Å². The fourth-order valence-corrected chi connectivity index (χ4v) is 2.47. The molecule has 0 bridgehead atoms. The predicted molar refractivity (Wildman–Crippen MR) is 95.5 cm³/mol. The Morgan fingerprint density at radius 2 is 1.83 bits per heavy atom. The Labute approximate surface area is 141 Å². The van der Waals surface area contributed by atoms with Gasteiger partial charge in [0.25, 0.3) is 0 Å². The highest BCUT2D eigenvalue weighted by atomic mass is 16.5. The Hall–Kier alpha value is -2.59. The predicted octanol–water partition coefficient (Wildman–Crippen LogP) is 3.66. The average molecular weight is 323 g/mol. The lowest BCUT2D eigenvalue weighted by Gasteiger charge is -2.08. The highest BCUT2D eigenvalue weighted by Gasteiger charge is 2.00. The SMILES string of the molecule is Cc1ccc(OCCCNCc2ccc3ccc(=O)oc3c2)cc1. The Morgan fingerprint density at radius 3 is 2.67 bits per heavy atom. The van der Waals surface area contributed by atoms with Crippen LogP contribution in [0.3, 0.4) is 0 Å². The van der Waals surface area contributed by atoms with Crippen LogP contribution in [-0.2, 0) is 6.54 Å². The van der Waals surface area contributed by atoms with Crippen molar-refractivity contribution in [3.63, 3.8) is 0 Å². The van der Waals surface area contributed by atoms with E-state index >= 15 is 0 Å². The number of hydrogen-bond acceptors (Lipinski definition) is 4. The molecule has 0 aliphatic carbocycles. The van der Waals surface area contributed by atoms with Crippen LogP contribution in [0, 0.1) is 6.92 Å². The lowest BCUT2D eigenvalue weighted by molar-refractivity contribution is 0.308. The summed E-state index contributed by atoms with van der Waals surface area (Å²) in [5.74, 6) is 0.908. The Kier molecular flexibility index (Phi) is 5.29. The molecule has 0 amide bonds. The molecule has 1 heterocycles. The molecule has 0 aliphatic rings. The van der Waals surface area contributed by atoms with E-state index in [0.717, 1.165) is 36.2 Å². The molecule has 1 aromatic heterocycles. The van der Waals surface area contributed by atoms with Crippen LogP contribution in [0.5, 0.6) is 5.75 Å². The molecular weight excluding hydrogens is 302 g/mol. The van der Waals surface area contributed by atoms with Crippen LogP contribution >= 0.6 is 0 Å². The minimum atomic E-state index is -0.319. The van der Waals surface area contributed by atoms with E-state index in [2.05, 4.69) is 12.2 Å². The molecule has 24 heavy (non-hydrogen) atoms. The quantitative estimate of drug-likeness (QED) is 0.532. The van der Waals surface area contributed by atoms with Gasteiger partial charge in [0.05, 0.1) is 6.61 Å². The third-order valence-corrected chi connectivity index (χ3v) is 3.80. The number of hydrogen-bond donors (Lipinski definition) is 1. The van der Waals surface area contributed by atoms with Crippen molar-refractivity contribution < 1.29 is 9.15 Å². The number of ether oxygens (including phenoxy) is 1. The van der Waals surface area contributed by atoms with E-state index in [1.54, 1.807) is 6.07 Å². The highest BCUT2D eigenvalue weighted by molar-refractivity contribution is 5.76. The minimum absolute atomic E-state index is 0.319. The summed E-state index contributed by atoms with van der Waals surface area (Å²) in [5.41, 5.74) is 2.64. The Balaban J connectivity index is 1.41. The van der Waals surface area contributed by atoms with E-state index < -0.39 is 0 Å². The van der Waals surface area contributed by atoms with Crippen LogP contribution < -0.4 is 15.7 Å². The van der Waals surface area contributed by atoms with Crippen LogP contribution in [0.15, 0.2) is 63.8 Å². The summed E-state index contributed by atoms with van der Waals surface area (Å²) in [6.45, 7) is 4.34. The minimum Gasteiger partial charge on any atom is -0.494 e. The fraction of sp³-hybridized carbons (Fsp3) is 0.250. The van der Waals surface area contributed by atoms with Crippen molar-refractivity contribution in [1.82, 2.24) is 5.32 Å². The molecule has 0 spiro atoms. The van der Waals surface area contributed by atoms with Gasteiger partial charge in [0.15, 0.2) is 0 Å². The third-order valence-electron chi connectivity index (χ3n) is 3.80. The number of fused-ring (bicyclic) bond motifs is 1. The van der Waals surface area contributed by atoms with E-state index in [9.17, 15) is 4.79 Å². The van der Waals surface area contributed by atoms with Crippen molar-refractivity contribution >= 4 is 11.0 Å². The van der Waals surface area contributed by atoms with Gasteiger partial charge in [-0.15, -0.1) is 0 Å². The van der Waals surface area contributed by atoms with Crippen LogP contribution in [0.1, 0.15) is 17.5 Å². The lowest BCUT2D eigenvalue weighted by atomic mass is 10.1. The average Bonchev–Trinajstić information content (AvgIpc) is 2.59. The standard InChI is InChI=1S/C20H21NO3/c1-15-3-8-18(9-4-15)23-12-2-11-21-14-16-5-6-17-7-10-20(22)24-19(17)13-16/h3-10,13,21H,2,11-12,14H2,1H3. The van der Waals surface area contributed by atoms with Crippen LogP contribution in [0.4, 0.5) is 0 Å². The second-order valence-electron chi connectivity index (χ2n) is 5.82. The molecule has 0 unspecified atom stereocenters. The van der Waals surface area contributed by atoms with Crippen molar-refractivity contribution in [3.8, 4) is 5.75 Å². The van der Waals surface area contributed by atoms with Gasteiger partial charge in [0.1, 0.15) is 11.3 Å². The zero-order valence-electron chi connectivity index (χ0n) is 13.7. The number of benzene rings is 2. The van der Waals surface area contributed by atoms with Gasteiger partial charge in [-0.25, -0.2) is 4.79 Å². The second-order valence-corrected chi connectivity index (χ2v) is 5.82. The number of nitrogens with one attached hydrogen (secondary N) is 1. The third kappa shape index (κ3) is 4.46. The zero-order valence-corrected chi connectivity index (χ0v) is 13.7. The molecule has 4 heteroatoms. The first kappa shape index (κ1) is 16.3. The van der Waals surface area contributed by atoms with Gasteiger partial charge in [-0.2, -0.15) is 0 Å². The molecule has 3 aromatic rings. The number of rotatable bonds is 7. The molecule has 0 aliphatic heterocycles. The Bertz CT molecular complexity index is 853. The monoisotopic (exact) mass is 323 g/mol. The molecule has 2 aromatic carbocycles. The van der Waals surface area contributed by atoms with E-state index in [0.29, 0.717) is 12.2 Å². The molecule has 0 radical (unpaired) electrons. The van der Waals surface area contributed by atoms with Gasteiger partial charge in [-0.3, -0.25) is 0 Å². The van der Waals surface area contributed by atoms with Crippen LogP contribution in [0.2, 0.25) is 0 Å². The van der Waals surface area contributed by atoms with Gasteiger partial charge in [-0.05, 0) is 49.7 Å². The second kappa shape index (κ2) is 7.79. The molecule has 4 nitrogen and oxygen atoms in total.